The second-order valence-corrected chi connectivity index (χ2v) is 7.69. The third kappa shape index (κ3) is 8.98. The largest absolute Gasteiger partial charge is 0.351 e. The normalized spacial score (nSPS) is 22.3. The number of carbonyl (C=O) groups excluding carboxylic acids is 1. The molecule has 4 nitrogen and oxygen atoms in total. The first-order valence-electron chi connectivity index (χ1n) is 10.9. The van der Waals surface area contributed by atoms with Crippen LogP contribution in [0.2, 0.25) is 0 Å². The summed E-state index contributed by atoms with van der Waals surface area (Å²) in [6, 6.07) is 0. The average Bonchev–Trinajstić information content (AvgIpc) is 3.02. The number of amides is 1. The quantitative estimate of drug-likeness (QED) is 0.252. The van der Waals surface area contributed by atoms with Crippen molar-refractivity contribution < 1.29 is 9.28 Å². The Kier molecular flexibility index (Phi) is 12.3. The molecule has 0 saturated heterocycles. The minimum atomic E-state index is 0.0615. The zero-order valence-corrected chi connectivity index (χ0v) is 17.5. The van der Waals surface area contributed by atoms with Crippen molar-refractivity contribution in [1.29, 1.82) is 0 Å². The van der Waals surface area contributed by atoms with Crippen molar-refractivity contribution in [3.63, 3.8) is 0 Å². The lowest BCUT2D eigenvalue weighted by molar-refractivity contribution is -0.935. The van der Waals surface area contributed by atoms with E-state index in [1.54, 1.807) is 6.92 Å². The van der Waals surface area contributed by atoms with Crippen LogP contribution in [0, 0.1) is 0 Å². The summed E-state index contributed by atoms with van der Waals surface area (Å²) in [7, 11) is 0. The lowest BCUT2D eigenvalue weighted by atomic mass is 10.1. The lowest BCUT2D eigenvalue weighted by Gasteiger charge is -2.38. The zero-order chi connectivity index (χ0) is 19.1. The SMILES string of the molecule is CCCCCCCC/C=C/CCCC1N=CC[N+]1(CC)CCNC(C)=O. The van der Waals surface area contributed by atoms with Gasteiger partial charge in [0.15, 0.2) is 6.17 Å². The first kappa shape index (κ1) is 22.9. The number of hydrogen-bond donors (Lipinski definition) is 1. The van der Waals surface area contributed by atoms with Gasteiger partial charge in [0.2, 0.25) is 5.91 Å². The number of allylic oxidation sites excluding steroid dienone is 2. The molecule has 0 aromatic heterocycles. The molecule has 1 N–H and O–H groups in total. The Morgan fingerprint density at radius 3 is 2.50 bits per heavy atom. The van der Waals surface area contributed by atoms with E-state index in [0.29, 0.717) is 6.17 Å². The fourth-order valence-electron chi connectivity index (χ4n) is 3.83. The first-order valence-corrected chi connectivity index (χ1v) is 10.9. The van der Waals surface area contributed by atoms with Crippen molar-refractivity contribution in [3.05, 3.63) is 12.2 Å². The van der Waals surface area contributed by atoms with Gasteiger partial charge in [0.25, 0.3) is 0 Å². The number of quaternary nitrogens is 1. The molecular formula is C22H42N3O+. The van der Waals surface area contributed by atoms with Gasteiger partial charge in [0.1, 0.15) is 6.54 Å². The molecule has 0 aromatic carbocycles. The molecule has 1 amide bonds. The van der Waals surface area contributed by atoms with Crippen molar-refractivity contribution in [2.75, 3.05) is 26.2 Å². The van der Waals surface area contributed by atoms with E-state index in [2.05, 4.69) is 37.5 Å². The van der Waals surface area contributed by atoms with Gasteiger partial charge in [-0.25, -0.2) is 4.99 Å². The van der Waals surface area contributed by atoms with E-state index in [0.717, 1.165) is 43.5 Å². The van der Waals surface area contributed by atoms with Gasteiger partial charge in [-0.2, -0.15) is 0 Å². The van der Waals surface area contributed by atoms with E-state index in [1.807, 2.05) is 0 Å². The summed E-state index contributed by atoms with van der Waals surface area (Å²) in [5.74, 6) is 0.0615. The van der Waals surface area contributed by atoms with E-state index in [1.165, 1.54) is 51.4 Å². The highest BCUT2D eigenvalue weighted by molar-refractivity contribution is 5.72. The molecule has 2 atom stereocenters. The summed E-state index contributed by atoms with van der Waals surface area (Å²) in [5, 5.41) is 2.94. The molecule has 1 rings (SSSR count). The predicted molar refractivity (Wildman–Crippen MR) is 112 cm³/mol. The van der Waals surface area contributed by atoms with Gasteiger partial charge < -0.3 is 5.32 Å². The maximum atomic E-state index is 11.1. The number of rotatable bonds is 15. The zero-order valence-electron chi connectivity index (χ0n) is 17.5. The van der Waals surface area contributed by atoms with Crippen LogP contribution in [-0.4, -0.2) is 48.9 Å². The second-order valence-electron chi connectivity index (χ2n) is 7.69. The van der Waals surface area contributed by atoms with Crippen LogP contribution < -0.4 is 5.32 Å². The van der Waals surface area contributed by atoms with E-state index in [-0.39, 0.29) is 5.91 Å². The number of likely N-dealkylation sites (N-methyl/N-ethyl adjacent to an activating group) is 1. The lowest BCUT2D eigenvalue weighted by Crippen LogP contribution is -2.55. The molecule has 1 heterocycles. The van der Waals surface area contributed by atoms with Gasteiger partial charge in [-0.1, -0.05) is 51.2 Å². The monoisotopic (exact) mass is 364 g/mol. The van der Waals surface area contributed by atoms with Gasteiger partial charge in [-0.05, 0) is 32.6 Å². The van der Waals surface area contributed by atoms with Crippen LogP contribution in [0.5, 0.6) is 0 Å². The molecule has 1 aliphatic heterocycles. The Morgan fingerprint density at radius 1 is 1.12 bits per heavy atom. The minimum absolute atomic E-state index is 0.0615. The fraction of sp³-hybridized carbons (Fsp3) is 0.818. The van der Waals surface area contributed by atoms with Crippen molar-refractivity contribution in [3.8, 4) is 0 Å². The number of aliphatic imine (C=N–C) groups is 1. The summed E-state index contributed by atoms with van der Waals surface area (Å²) in [5.41, 5.74) is 0. The molecular weight excluding hydrogens is 322 g/mol. The molecule has 2 unspecified atom stereocenters. The van der Waals surface area contributed by atoms with Gasteiger partial charge >= 0.3 is 0 Å². The van der Waals surface area contributed by atoms with Crippen molar-refractivity contribution in [2.24, 2.45) is 4.99 Å². The van der Waals surface area contributed by atoms with Gasteiger partial charge in [0, 0.05) is 13.3 Å². The molecule has 0 radical (unpaired) electrons. The molecule has 1 aliphatic rings. The van der Waals surface area contributed by atoms with Crippen LogP contribution in [-0.2, 0) is 4.79 Å². The summed E-state index contributed by atoms with van der Waals surface area (Å²) in [6.45, 7) is 9.93. The van der Waals surface area contributed by atoms with Crippen molar-refractivity contribution in [1.82, 2.24) is 5.32 Å². The topological polar surface area (TPSA) is 41.5 Å². The molecule has 0 aromatic rings. The highest BCUT2D eigenvalue weighted by atomic mass is 16.1. The van der Waals surface area contributed by atoms with Crippen LogP contribution in [0.15, 0.2) is 17.1 Å². The molecule has 4 heteroatoms. The summed E-state index contributed by atoms with van der Waals surface area (Å²) in [4.78, 5) is 15.9. The van der Waals surface area contributed by atoms with Crippen molar-refractivity contribution >= 4 is 12.1 Å². The van der Waals surface area contributed by atoms with Crippen LogP contribution in [0.25, 0.3) is 0 Å². The number of hydrogen-bond acceptors (Lipinski definition) is 2. The average molecular weight is 365 g/mol. The maximum absolute atomic E-state index is 11.1. The van der Waals surface area contributed by atoms with Crippen molar-refractivity contribution in [2.45, 2.75) is 91.1 Å². The van der Waals surface area contributed by atoms with E-state index < -0.39 is 0 Å². The third-order valence-corrected chi connectivity index (χ3v) is 5.64. The minimum Gasteiger partial charge on any atom is -0.351 e. The maximum Gasteiger partial charge on any atom is 0.217 e. The Morgan fingerprint density at radius 2 is 1.81 bits per heavy atom. The van der Waals surface area contributed by atoms with Gasteiger partial charge in [-0.15, -0.1) is 0 Å². The van der Waals surface area contributed by atoms with Gasteiger partial charge in [0.05, 0.1) is 25.8 Å². The Balaban J connectivity index is 2.17. The van der Waals surface area contributed by atoms with E-state index >= 15 is 0 Å². The van der Waals surface area contributed by atoms with E-state index in [9.17, 15) is 4.79 Å². The smallest absolute Gasteiger partial charge is 0.217 e. The molecule has 0 spiro atoms. The number of carbonyl (C=O) groups is 1. The summed E-state index contributed by atoms with van der Waals surface area (Å²) in [6.07, 6.45) is 20.2. The summed E-state index contributed by atoms with van der Waals surface area (Å²) >= 11 is 0. The summed E-state index contributed by atoms with van der Waals surface area (Å²) < 4.78 is 1.00. The Bertz CT molecular complexity index is 433. The fourth-order valence-corrected chi connectivity index (χ4v) is 3.83. The molecule has 0 fully saturated rings. The Labute approximate surface area is 161 Å². The molecule has 0 saturated carbocycles. The van der Waals surface area contributed by atoms with Crippen LogP contribution >= 0.6 is 0 Å². The third-order valence-electron chi connectivity index (χ3n) is 5.64. The number of unbranched alkanes of at least 4 members (excludes halogenated alkanes) is 7. The van der Waals surface area contributed by atoms with Gasteiger partial charge in [-0.3, -0.25) is 9.28 Å². The van der Waals surface area contributed by atoms with Crippen LogP contribution in [0.1, 0.15) is 85.0 Å². The highest BCUT2D eigenvalue weighted by Crippen LogP contribution is 2.23. The predicted octanol–water partition coefficient (Wildman–Crippen LogP) is 4.85. The molecule has 150 valence electrons. The highest BCUT2D eigenvalue weighted by Gasteiger charge is 2.37. The first-order chi connectivity index (χ1) is 12.6. The second kappa shape index (κ2) is 14.0. The standard InChI is InChI=1S/C22H41N3O/c1-4-6-7-8-9-10-11-12-13-14-15-16-22-24-18-20-25(22,5-2)19-17-23-21(3)26/h12-13,18,22H,4-11,14-17,19-20H2,1-3H3/p+1/b13-12+. The molecule has 0 aliphatic carbocycles. The number of nitrogens with zero attached hydrogens (tertiary/aromatic N) is 2. The Hall–Kier alpha value is -1.16. The number of nitrogens with one attached hydrogen (secondary N) is 1. The van der Waals surface area contributed by atoms with E-state index in [4.69, 9.17) is 4.99 Å². The molecule has 0 bridgehead atoms. The van der Waals surface area contributed by atoms with Crippen LogP contribution in [0.4, 0.5) is 0 Å². The molecule has 26 heavy (non-hydrogen) atoms. The van der Waals surface area contributed by atoms with Crippen LogP contribution in [0.3, 0.4) is 0 Å².